The Kier molecular flexibility index (Phi) is 13.0. The maximum Gasteiger partial charge on any atom is 0.407 e. The van der Waals surface area contributed by atoms with E-state index >= 15 is 0 Å². The average Bonchev–Trinajstić information content (AvgIpc) is 4.14. The summed E-state index contributed by atoms with van der Waals surface area (Å²) in [7, 11) is 2.63. The lowest BCUT2D eigenvalue weighted by Crippen LogP contribution is -2.51. The van der Waals surface area contributed by atoms with Gasteiger partial charge in [-0.1, -0.05) is 84.9 Å². The highest BCUT2D eigenvalue weighted by Gasteiger charge is 2.40. The van der Waals surface area contributed by atoms with Gasteiger partial charge < -0.3 is 44.8 Å². The molecule has 5 heterocycles. The van der Waals surface area contributed by atoms with Crippen molar-refractivity contribution in [2.75, 3.05) is 32.2 Å². The number of carbonyl (C=O) groups is 4. The van der Waals surface area contributed by atoms with Crippen LogP contribution >= 0.6 is 0 Å². The fourth-order valence-corrected chi connectivity index (χ4v) is 10.5. The first-order valence-corrected chi connectivity index (χ1v) is 23.5. The summed E-state index contributed by atoms with van der Waals surface area (Å²) in [5.74, 6) is -0.376. The lowest BCUT2D eigenvalue weighted by Gasteiger charge is -2.34. The third-order valence-electron chi connectivity index (χ3n) is 14.1. The molecule has 0 radical (unpaired) electrons. The molecule has 65 heavy (non-hydrogen) atoms. The molecule has 3 fully saturated rings. The Hall–Kier alpha value is -5.98. The molecule has 3 aliphatic heterocycles. The van der Waals surface area contributed by atoms with Crippen LogP contribution in [-0.2, 0) is 24.5 Å². The molecular formula is C52H67N7O6. The number of likely N-dealkylation sites (tertiary alicyclic amines) is 2. The van der Waals surface area contributed by atoms with Crippen LogP contribution < -0.4 is 15.5 Å². The molecule has 0 spiro atoms. The van der Waals surface area contributed by atoms with Crippen LogP contribution in [0.2, 0.25) is 0 Å². The first kappa shape index (κ1) is 45.6. The highest BCUT2D eigenvalue weighted by Crippen LogP contribution is 2.48. The molecule has 3 saturated heterocycles. The summed E-state index contributed by atoms with van der Waals surface area (Å²) in [6.07, 6.45) is 4.17. The number of amides is 4. The highest BCUT2D eigenvalue weighted by atomic mass is 16.5. The van der Waals surface area contributed by atoms with Gasteiger partial charge in [-0.05, 0) is 120 Å². The first-order chi connectivity index (χ1) is 31.1. The van der Waals surface area contributed by atoms with Crippen molar-refractivity contribution in [2.24, 2.45) is 11.8 Å². The highest BCUT2D eigenvalue weighted by molar-refractivity contribution is 5.88. The number of rotatable bonds is 11. The van der Waals surface area contributed by atoms with Gasteiger partial charge in [-0.15, -0.1) is 0 Å². The second-order valence-corrected chi connectivity index (χ2v) is 20.1. The van der Waals surface area contributed by atoms with Gasteiger partial charge in [0.1, 0.15) is 12.1 Å². The van der Waals surface area contributed by atoms with Gasteiger partial charge in [0.05, 0.1) is 38.4 Å². The molecule has 4 N–H and O–H groups in total. The van der Waals surface area contributed by atoms with Crippen molar-refractivity contribution in [1.82, 2.24) is 30.4 Å². The van der Waals surface area contributed by atoms with Gasteiger partial charge in [0, 0.05) is 41.2 Å². The SMILES string of the molecule is COC(=O)N[C@H](C(=O)N1CCC[C@H]1c1cc2ccc([C@H]3CC[C@H](c4ccc5cc([C@@H]6CCCN6C(=O)[C@@H](NC(=O)OC)C(C)C)[nH]c5c4)N3c3ccc(C(C)(C)C)cc3)cc2[nH]1)C(C)C. The maximum atomic E-state index is 13.9. The molecule has 2 aromatic heterocycles. The Morgan fingerprint density at radius 1 is 0.600 bits per heavy atom. The zero-order chi connectivity index (χ0) is 46.3. The summed E-state index contributed by atoms with van der Waals surface area (Å²) in [6, 6.07) is 25.6. The molecule has 13 heteroatoms. The van der Waals surface area contributed by atoms with Crippen molar-refractivity contribution < 1.29 is 28.7 Å². The van der Waals surface area contributed by atoms with Crippen molar-refractivity contribution in [1.29, 1.82) is 0 Å². The number of fused-ring (bicyclic) bond motifs is 2. The summed E-state index contributed by atoms with van der Waals surface area (Å²) in [5, 5.41) is 7.73. The number of hydrogen-bond donors (Lipinski definition) is 4. The third kappa shape index (κ3) is 9.16. The van der Waals surface area contributed by atoms with Crippen LogP contribution in [0.3, 0.4) is 0 Å². The molecule has 0 aliphatic carbocycles. The van der Waals surface area contributed by atoms with Crippen molar-refractivity contribution in [3.8, 4) is 0 Å². The standard InChI is InChI=1S/C52H67N7O6/c1-30(2)46(55-50(62)64-8)48(60)57-24-10-12-44(57)40-26-32-14-16-34(28-38(32)53-40)42-22-23-43(59(42)37-20-18-36(19-21-37)52(5,6)7)35-17-15-33-27-41(54-39(33)29-35)45-13-11-25-58(45)49(61)47(31(3)4)56-51(63)65-9/h14-21,26-31,42-47,53-54H,10-13,22-25H2,1-9H3,(H,55,62)(H,56,63)/t42-,43-,44+,45+,46+,47+/m1/s1. The Morgan fingerprint density at radius 3 is 1.42 bits per heavy atom. The van der Waals surface area contributed by atoms with E-state index in [-0.39, 0.29) is 53.2 Å². The molecule has 13 nitrogen and oxygen atoms in total. The van der Waals surface area contributed by atoms with E-state index in [4.69, 9.17) is 9.47 Å². The van der Waals surface area contributed by atoms with Crippen LogP contribution in [0.25, 0.3) is 21.8 Å². The number of carbonyl (C=O) groups excluding carboxylic acids is 4. The first-order valence-electron chi connectivity index (χ1n) is 23.5. The van der Waals surface area contributed by atoms with E-state index in [1.54, 1.807) is 0 Å². The Morgan fingerprint density at radius 2 is 1.03 bits per heavy atom. The molecule has 0 bridgehead atoms. The molecule has 3 aliphatic rings. The number of hydrogen-bond acceptors (Lipinski definition) is 7. The van der Waals surface area contributed by atoms with Crippen LogP contribution in [-0.4, -0.2) is 83.2 Å². The van der Waals surface area contributed by atoms with Crippen LogP contribution in [0.1, 0.15) is 139 Å². The summed E-state index contributed by atoms with van der Waals surface area (Å²) >= 11 is 0. The van der Waals surface area contributed by atoms with Crippen molar-refractivity contribution >= 4 is 51.5 Å². The van der Waals surface area contributed by atoms with Crippen molar-refractivity contribution in [3.63, 3.8) is 0 Å². The normalized spacial score (nSPS) is 21.1. The summed E-state index contributed by atoms with van der Waals surface area (Å²) in [5.41, 5.74) is 9.02. The van der Waals surface area contributed by atoms with Crippen molar-refractivity contribution in [2.45, 2.75) is 129 Å². The van der Waals surface area contributed by atoms with E-state index < -0.39 is 24.3 Å². The number of anilines is 1. The minimum Gasteiger partial charge on any atom is -0.453 e. The number of aromatic nitrogens is 2. The van der Waals surface area contributed by atoms with Gasteiger partial charge in [-0.2, -0.15) is 0 Å². The van der Waals surface area contributed by atoms with Gasteiger partial charge >= 0.3 is 12.2 Å². The zero-order valence-electron chi connectivity index (χ0n) is 39.5. The van der Waals surface area contributed by atoms with E-state index in [0.717, 1.165) is 71.7 Å². The average molecular weight is 886 g/mol. The van der Waals surface area contributed by atoms with Crippen LogP contribution in [0.15, 0.2) is 72.8 Å². The predicted octanol–water partition coefficient (Wildman–Crippen LogP) is 10.1. The minimum atomic E-state index is -0.674. The van der Waals surface area contributed by atoms with Gasteiger partial charge in [0.25, 0.3) is 0 Å². The predicted molar refractivity (Wildman–Crippen MR) is 255 cm³/mol. The van der Waals surface area contributed by atoms with Crippen LogP contribution in [0.4, 0.5) is 15.3 Å². The van der Waals surface area contributed by atoms with Gasteiger partial charge in [-0.25, -0.2) is 9.59 Å². The molecule has 0 unspecified atom stereocenters. The maximum absolute atomic E-state index is 13.9. The van der Waals surface area contributed by atoms with Gasteiger partial charge in [0.15, 0.2) is 0 Å². The minimum absolute atomic E-state index is 0.0230. The summed E-state index contributed by atoms with van der Waals surface area (Å²) in [6.45, 7) is 15.7. The second-order valence-electron chi connectivity index (χ2n) is 20.1. The molecule has 5 aromatic rings. The molecule has 3 aromatic carbocycles. The van der Waals surface area contributed by atoms with E-state index in [1.807, 2.05) is 37.5 Å². The number of alkyl carbamates (subject to hydrolysis) is 2. The third-order valence-corrected chi connectivity index (χ3v) is 14.1. The van der Waals surface area contributed by atoms with E-state index in [2.05, 4.69) is 119 Å². The smallest absolute Gasteiger partial charge is 0.407 e. The quantitative estimate of drug-likeness (QED) is 0.103. The number of aromatic amines is 2. The molecular weight excluding hydrogens is 819 g/mol. The molecule has 8 rings (SSSR count). The number of benzene rings is 3. The number of nitrogens with zero attached hydrogens (tertiary/aromatic N) is 3. The Labute approximate surface area is 383 Å². The molecule has 6 atom stereocenters. The molecule has 4 amide bonds. The lowest BCUT2D eigenvalue weighted by molar-refractivity contribution is -0.136. The van der Waals surface area contributed by atoms with E-state index in [9.17, 15) is 19.2 Å². The second kappa shape index (κ2) is 18.5. The number of H-pyrrole nitrogens is 2. The number of methoxy groups -OCH3 is 2. The summed E-state index contributed by atoms with van der Waals surface area (Å²) < 4.78 is 9.69. The van der Waals surface area contributed by atoms with Gasteiger partial charge in [-0.3, -0.25) is 9.59 Å². The van der Waals surface area contributed by atoms with E-state index in [0.29, 0.717) is 13.1 Å². The topological polar surface area (TPSA) is 152 Å². The number of nitrogens with one attached hydrogen (secondary N) is 4. The Balaban J connectivity index is 1.09. The fraction of sp³-hybridized carbons (Fsp3) is 0.500. The monoisotopic (exact) mass is 886 g/mol. The van der Waals surface area contributed by atoms with Crippen LogP contribution in [0.5, 0.6) is 0 Å². The Bertz CT molecular complexity index is 2390. The summed E-state index contributed by atoms with van der Waals surface area (Å²) in [4.78, 5) is 66.1. The zero-order valence-corrected chi connectivity index (χ0v) is 39.5. The van der Waals surface area contributed by atoms with Crippen molar-refractivity contribution in [3.05, 3.63) is 101 Å². The fourth-order valence-electron chi connectivity index (χ4n) is 10.5. The van der Waals surface area contributed by atoms with Crippen LogP contribution in [0, 0.1) is 11.8 Å². The lowest BCUT2D eigenvalue weighted by atomic mass is 9.87. The van der Waals surface area contributed by atoms with E-state index in [1.165, 1.54) is 36.6 Å². The molecule has 346 valence electrons. The molecule has 0 saturated carbocycles. The number of ether oxygens (including phenoxy) is 2. The van der Waals surface area contributed by atoms with Gasteiger partial charge in [0.2, 0.25) is 11.8 Å². The largest absolute Gasteiger partial charge is 0.453 e.